The van der Waals surface area contributed by atoms with Crippen molar-refractivity contribution in [3.8, 4) is 11.5 Å². The van der Waals surface area contributed by atoms with Crippen LogP contribution < -0.4 is 14.8 Å². The molecule has 0 spiro atoms. The van der Waals surface area contributed by atoms with Gasteiger partial charge in [-0.3, -0.25) is 10.1 Å². The number of thiazole rings is 1. The summed E-state index contributed by atoms with van der Waals surface area (Å²) in [5, 5.41) is 3.55. The Balaban J connectivity index is 1.45. The van der Waals surface area contributed by atoms with Crippen LogP contribution in [-0.2, 0) is 19.6 Å². The fraction of sp³-hybridized carbons (Fsp3) is 0.273. The molecular formula is C22H23N3O3S. The fourth-order valence-electron chi connectivity index (χ4n) is 3.21. The number of amides is 1. The van der Waals surface area contributed by atoms with Crippen LogP contribution in [0.25, 0.3) is 0 Å². The topological polar surface area (TPSA) is 63.7 Å². The first kappa shape index (κ1) is 19.4. The SMILES string of the molecule is COc1cc(C(=O)Nc2nc3c(s2)CN(C)CC3)ccc1OCc1ccccc1. The number of ether oxygens (including phenoxy) is 2. The number of fused-ring (bicyclic) bond motifs is 1. The number of nitrogens with one attached hydrogen (secondary N) is 1. The number of hydrogen-bond donors (Lipinski definition) is 1. The third-order valence-electron chi connectivity index (χ3n) is 4.81. The van der Waals surface area contributed by atoms with Crippen molar-refractivity contribution in [2.75, 3.05) is 26.0 Å². The largest absolute Gasteiger partial charge is 0.493 e. The van der Waals surface area contributed by atoms with Crippen LogP contribution in [0, 0.1) is 0 Å². The van der Waals surface area contributed by atoms with Gasteiger partial charge in [0.15, 0.2) is 16.6 Å². The summed E-state index contributed by atoms with van der Waals surface area (Å²) in [5.74, 6) is 0.909. The summed E-state index contributed by atoms with van der Waals surface area (Å²) in [4.78, 5) is 20.8. The Morgan fingerprint density at radius 3 is 2.83 bits per heavy atom. The van der Waals surface area contributed by atoms with E-state index in [0.717, 1.165) is 30.8 Å². The first-order valence-electron chi connectivity index (χ1n) is 9.45. The number of methoxy groups -OCH3 is 1. The van der Waals surface area contributed by atoms with Crippen molar-refractivity contribution >= 4 is 22.4 Å². The van der Waals surface area contributed by atoms with Crippen molar-refractivity contribution in [2.24, 2.45) is 0 Å². The van der Waals surface area contributed by atoms with E-state index in [-0.39, 0.29) is 5.91 Å². The predicted molar refractivity (Wildman–Crippen MR) is 114 cm³/mol. The second kappa shape index (κ2) is 8.63. The zero-order chi connectivity index (χ0) is 20.2. The van der Waals surface area contributed by atoms with Crippen LogP contribution in [0.2, 0.25) is 0 Å². The van der Waals surface area contributed by atoms with E-state index in [0.29, 0.717) is 28.8 Å². The average molecular weight is 410 g/mol. The Labute approximate surface area is 174 Å². The summed E-state index contributed by atoms with van der Waals surface area (Å²) in [7, 11) is 3.66. The number of anilines is 1. The van der Waals surface area contributed by atoms with Crippen molar-refractivity contribution in [3.63, 3.8) is 0 Å². The van der Waals surface area contributed by atoms with Gasteiger partial charge >= 0.3 is 0 Å². The molecule has 0 saturated heterocycles. The maximum atomic E-state index is 12.7. The molecule has 0 atom stereocenters. The van der Waals surface area contributed by atoms with Crippen molar-refractivity contribution < 1.29 is 14.3 Å². The quantitative estimate of drug-likeness (QED) is 0.667. The highest BCUT2D eigenvalue weighted by molar-refractivity contribution is 7.15. The number of carbonyl (C=O) groups is 1. The van der Waals surface area contributed by atoms with E-state index in [9.17, 15) is 4.79 Å². The minimum Gasteiger partial charge on any atom is -0.493 e. The molecule has 0 bridgehead atoms. The van der Waals surface area contributed by atoms with E-state index in [2.05, 4.69) is 22.2 Å². The Morgan fingerprint density at radius 1 is 1.21 bits per heavy atom. The molecule has 0 saturated carbocycles. The lowest BCUT2D eigenvalue weighted by Gasteiger charge is -2.20. The van der Waals surface area contributed by atoms with Gasteiger partial charge < -0.3 is 14.4 Å². The number of rotatable bonds is 6. The van der Waals surface area contributed by atoms with Gasteiger partial charge in [-0.1, -0.05) is 30.3 Å². The molecule has 1 aliphatic rings. The van der Waals surface area contributed by atoms with Crippen LogP contribution in [0.3, 0.4) is 0 Å². The Bertz CT molecular complexity index is 1000. The summed E-state index contributed by atoms with van der Waals surface area (Å²) in [5.41, 5.74) is 2.65. The van der Waals surface area contributed by atoms with Crippen LogP contribution in [0.1, 0.15) is 26.5 Å². The van der Waals surface area contributed by atoms with Gasteiger partial charge in [0.25, 0.3) is 5.91 Å². The van der Waals surface area contributed by atoms with Gasteiger partial charge in [0, 0.05) is 30.0 Å². The minimum absolute atomic E-state index is 0.211. The Hall–Kier alpha value is -2.90. The number of hydrogen-bond acceptors (Lipinski definition) is 6. The van der Waals surface area contributed by atoms with Crippen molar-refractivity contribution in [2.45, 2.75) is 19.6 Å². The first-order valence-corrected chi connectivity index (χ1v) is 10.3. The van der Waals surface area contributed by atoms with Crippen molar-refractivity contribution in [1.29, 1.82) is 0 Å². The van der Waals surface area contributed by atoms with E-state index in [1.54, 1.807) is 36.6 Å². The summed E-state index contributed by atoms with van der Waals surface area (Å²) in [6.07, 6.45) is 0.916. The maximum Gasteiger partial charge on any atom is 0.257 e. The molecule has 150 valence electrons. The van der Waals surface area contributed by atoms with E-state index < -0.39 is 0 Å². The molecule has 4 rings (SSSR count). The summed E-state index contributed by atoms with van der Waals surface area (Å²) in [6.45, 7) is 2.30. The van der Waals surface area contributed by atoms with Gasteiger partial charge in [-0.25, -0.2) is 4.98 Å². The van der Waals surface area contributed by atoms with E-state index in [1.165, 1.54) is 4.88 Å². The van der Waals surface area contributed by atoms with Gasteiger partial charge in [-0.2, -0.15) is 0 Å². The molecule has 1 aliphatic heterocycles. The average Bonchev–Trinajstić information content (AvgIpc) is 3.14. The molecule has 7 heteroatoms. The van der Waals surface area contributed by atoms with Crippen LogP contribution in [0.5, 0.6) is 11.5 Å². The van der Waals surface area contributed by atoms with Crippen LogP contribution in [0.15, 0.2) is 48.5 Å². The lowest BCUT2D eigenvalue weighted by molar-refractivity contribution is 0.102. The van der Waals surface area contributed by atoms with Crippen LogP contribution in [0.4, 0.5) is 5.13 Å². The molecule has 0 unspecified atom stereocenters. The zero-order valence-corrected chi connectivity index (χ0v) is 17.3. The molecule has 6 nitrogen and oxygen atoms in total. The highest BCUT2D eigenvalue weighted by Gasteiger charge is 2.20. The van der Waals surface area contributed by atoms with Crippen molar-refractivity contribution in [1.82, 2.24) is 9.88 Å². The van der Waals surface area contributed by atoms with E-state index in [4.69, 9.17) is 9.47 Å². The molecule has 1 N–H and O–H groups in total. The second-order valence-corrected chi connectivity index (χ2v) is 8.05. The molecule has 0 aliphatic carbocycles. The first-order chi connectivity index (χ1) is 14.1. The lowest BCUT2D eigenvalue weighted by Crippen LogP contribution is -2.25. The van der Waals surface area contributed by atoms with Crippen LogP contribution >= 0.6 is 11.3 Å². The van der Waals surface area contributed by atoms with Gasteiger partial charge in [0.05, 0.1) is 12.8 Å². The van der Waals surface area contributed by atoms with Gasteiger partial charge in [-0.05, 0) is 30.8 Å². The molecule has 0 radical (unpaired) electrons. The van der Waals surface area contributed by atoms with E-state index >= 15 is 0 Å². The number of carbonyl (C=O) groups excluding carboxylic acids is 1. The third-order valence-corrected chi connectivity index (χ3v) is 5.80. The number of likely N-dealkylation sites (N-methyl/N-ethyl adjacent to an activating group) is 1. The highest BCUT2D eigenvalue weighted by atomic mass is 32.1. The second-order valence-electron chi connectivity index (χ2n) is 6.97. The minimum atomic E-state index is -0.211. The zero-order valence-electron chi connectivity index (χ0n) is 16.5. The van der Waals surface area contributed by atoms with E-state index in [1.807, 2.05) is 30.3 Å². The molecule has 3 aromatic rings. The van der Waals surface area contributed by atoms with Crippen LogP contribution in [-0.4, -0.2) is 36.5 Å². The fourth-order valence-corrected chi connectivity index (χ4v) is 4.29. The molecular weight excluding hydrogens is 386 g/mol. The molecule has 1 aromatic heterocycles. The predicted octanol–water partition coefficient (Wildman–Crippen LogP) is 3.97. The third kappa shape index (κ3) is 4.58. The smallest absolute Gasteiger partial charge is 0.257 e. The number of benzene rings is 2. The molecule has 2 heterocycles. The Kier molecular flexibility index (Phi) is 5.78. The molecule has 1 amide bonds. The molecule has 0 fully saturated rings. The Morgan fingerprint density at radius 2 is 2.03 bits per heavy atom. The van der Waals surface area contributed by atoms with Crippen molar-refractivity contribution in [3.05, 3.63) is 70.2 Å². The maximum absolute atomic E-state index is 12.7. The molecule has 29 heavy (non-hydrogen) atoms. The number of nitrogens with zero attached hydrogens (tertiary/aromatic N) is 2. The van der Waals surface area contributed by atoms with Gasteiger partial charge in [0.1, 0.15) is 6.61 Å². The summed E-state index contributed by atoms with van der Waals surface area (Å²) in [6, 6.07) is 15.1. The monoisotopic (exact) mass is 409 g/mol. The normalized spacial score (nSPS) is 13.6. The van der Waals surface area contributed by atoms with Gasteiger partial charge in [-0.15, -0.1) is 11.3 Å². The number of aromatic nitrogens is 1. The summed E-state index contributed by atoms with van der Waals surface area (Å²) < 4.78 is 11.3. The summed E-state index contributed by atoms with van der Waals surface area (Å²) >= 11 is 1.54. The highest BCUT2D eigenvalue weighted by Crippen LogP contribution is 2.31. The lowest BCUT2D eigenvalue weighted by atomic mass is 10.2. The molecule has 2 aromatic carbocycles. The van der Waals surface area contributed by atoms with Gasteiger partial charge in [0.2, 0.25) is 0 Å². The standard InChI is InChI=1S/C22H23N3O3S/c1-25-11-10-17-20(13-25)29-22(23-17)24-21(26)16-8-9-18(19(12-16)27-2)28-14-15-6-4-3-5-7-15/h3-9,12H,10-11,13-14H2,1-2H3,(H,23,24,26).